The summed E-state index contributed by atoms with van der Waals surface area (Å²) in [6.07, 6.45) is 5.29. The van der Waals surface area contributed by atoms with Gasteiger partial charge in [-0.15, -0.1) is 0 Å². The maximum absolute atomic E-state index is 6.04. The number of rotatable bonds is 3. The second kappa shape index (κ2) is 5.19. The molecule has 2 N–H and O–H groups in total. The van der Waals surface area contributed by atoms with Crippen molar-refractivity contribution in [3.8, 4) is 5.75 Å². The third kappa shape index (κ3) is 2.77. The molecule has 2 nitrogen and oxygen atoms in total. The molecule has 2 rings (SSSR count). The predicted octanol–water partition coefficient (Wildman–Crippen LogP) is 3.79. The number of hydrogen-bond donors (Lipinski definition) is 1. The topological polar surface area (TPSA) is 35.2 Å². The van der Waals surface area contributed by atoms with E-state index < -0.39 is 0 Å². The monoisotopic (exact) mass is 283 g/mol. The molecule has 1 aromatic rings. The molecule has 1 aliphatic rings. The van der Waals surface area contributed by atoms with E-state index in [2.05, 4.69) is 15.9 Å². The fraction of sp³-hybridized carbons (Fsp3) is 0.538. The van der Waals surface area contributed by atoms with Crippen molar-refractivity contribution in [3.63, 3.8) is 0 Å². The Morgan fingerprint density at radius 2 is 2.06 bits per heavy atom. The standard InChI is InChI=1S/C13H18BrNO/c1-9(15)12-7-6-10(14)8-13(12)16-11-4-2-3-5-11/h6-9,11H,2-5,15H2,1H3/t9-/m0/s1. The van der Waals surface area contributed by atoms with Crippen LogP contribution in [-0.2, 0) is 0 Å². The zero-order valence-corrected chi connectivity index (χ0v) is 11.2. The Labute approximate surface area is 105 Å². The molecule has 1 fully saturated rings. The molecule has 88 valence electrons. The highest BCUT2D eigenvalue weighted by Gasteiger charge is 2.18. The summed E-state index contributed by atoms with van der Waals surface area (Å²) in [6.45, 7) is 1.99. The van der Waals surface area contributed by atoms with Gasteiger partial charge >= 0.3 is 0 Å². The lowest BCUT2D eigenvalue weighted by molar-refractivity contribution is 0.207. The first kappa shape index (κ1) is 11.9. The van der Waals surface area contributed by atoms with Crippen LogP contribution in [0.2, 0.25) is 0 Å². The lowest BCUT2D eigenvalue weighted by Crippen LogP contribution is -2.14. The van der Waals surface area contributed by atoms with Crippen LogP contribution in [-0.4, -0.2) is 6.10 Å². The molecule has 0 heterocycles. The average Bonchev–Trinajstić information content (AvgIpc) is 2.70. The molecule has 0 amide bonds. The summed E-state index contributed by atoms with van der Waals surface area (Å²) >= 11 is 3.47. The SMILES string of the molecule is C[C@H](N)c1ccc(Br)cc1OC1CCCC1. The number of benzene rings is 1. The molecule has 0 radical (unpaired) electrons. The van der Waals surface area contributed by atoms with E-state index in [0.717, 1.165) is 15.8 Å². The van der Waals surface area contributed by atoms with Crippen LogP contribution < -0.4 is 10.5 Å². The zero-order valence-electron chi connectivity index (χ0n) is 9.58. The molecule has 16 heavy (non-hydrogen) atoms. The molecular formula is C13H18BrNO. The van der Waals surface area contributed by atoms with Gasteiger partial charge in [0.1, 0.15) is 5.75 Å². The van der Waals surface area contributed by atoms with Crippen LogP contribution in [0.4, 0.5) is 0 Å². The summed E-state index contributed by atoms with van der Waals surface area (Å²) in [6, 6.07) is 6.10. The van der Waals surface area contributed by atoms with E-state index in [-0.39, 0.29) is 6.04 Å². The quantitative estimate of drug-likeness (QED) is 0.916. The number of ether oxygens (including phenoxy) is 1. The van der Waals surface area contributed by atoms with Crippen LogP contribution in [0, 0.1) is 0 Å². The summed E-state index contributed by atoms with van der Waals surface area (Å²) in [7, 11) is 0. The Morgan fingerprint density at radius 1 is 1.38 bits per heavy atom. The molecule has 0 aromatic heterocycles. The Morgan fingerprint density at radius 3 is 2.69 bits per heavy atom. The summed E-state index contributed by atoms with van der Waals surface area (Å²) in [4.78, 5) is 0. The highest BCUT2D eigenvalue weighted by atomic mass is 79.9. The number of nitrogens with two attached hydrogens (primary N) is 1. The maximum Gasteiger partial charge on any atom is 0.125 e. The highest BCUT2D eigenvalue weighted by Crippen LogP contribution is 2.31. The van der Waals surface area contributed by atoms with Crippen LogP contribution in [0.5, 0.6) is 5.75 Å². The van der Waals surface area contributed by atoms with Gasteiger partial charge in [-0.05, 0) is 44.7 Å². The van der Waals surface area contributed by atoms with Gasteiger partial charge in [-0.25, -0.2) is 0 Å². The van der Waals surface area contributed by atoms with Crippen molar-refractivity contribution in [1.82, 2.24) is 0 Å². The summed E-state index contributed by atoms with van der Waals surface area (Å²) in [5, 5.41) is 0. The average molecular weight is 284 g/mol. The maximum atomic E-state index is 6.04. The van der Waals surface area contributed by atoms with E-state index in [1.54, 1.807) is 0 Å². The fourth-order valence-corrected chi connectivity index (χ4v) is 2.51. The van der Waals surface area contributed by atoms with Gasteiger partial charge in [-0.3, -0.25) is 0 Å². The normalized spacial score (nSPS) is 18.7. The minimum Gasteiger partial charge on any atom is -0.490 e. The van der Waals surface area contributed by atoms with Crippen LogP contribution in [0.25, 0.3) is 0 Å². The van der Waals surface area contributed by atoms with Crippen molar-refractivity contribution in [2.45, 2.75) is 44.8 Å². The lowest BCUT2D eigenvalue weighted by atomic mass is 10.1. The van der Waals surface area contributed by atoms with Crippen LogP contribution in [0.3, 0.4) is 0 Å². The minimum absolute atomic E-state index is 0.0181. The molecule has 0 aliphatic heterocycles. The third-order valence-electron chi connectivity index (χ3n) is 3.06. The third-order valence-corrected chi connectivity index (χ3v) is 3.56. The zero-order chi connectivity index (χ0) is 11.5. The van der Waals surface area contributed by atoms with E-state index in [0.29, 0.717) is 6.10 Å². The Kier molecular flexibility index (Phi) is 3.87. The van der Waals surface area contributed by atoms with Crippen LogP contribution >= 0.6 is 15.9 Å². The predicted molar refractivity (Wildman–Crippen MR) is 69.6 cm³/mol. The summed E-state index contributed by atoms with van der Waals surface area (Å²) < 4.78 is 7.08. The van der Waals surface area contributed by atoms with Gasteiger partial charge in [0.2, 0.25) is 0 Å². The second-order valence-corrected chi connectivity index (χ2v) is 5.41. The Balaban J connectivity index is 2.19. The number of halogens is 1. The van der Waals surface area contributed by atoms with E-state index in [1.165, 1.54) is 25.7 Å². The van der Waals surface area contributed by atoms with Gasteiger partial charge in [-0.1, -0.05) is 22.0 Å². The van der Waals surface area contributed by atoms with Crippen LogP contribution in [0.15, 0.2) is 22.7 Å². The molecule has 1 atom stereocenters. The summed E-state index contributed by atoms with van der Waals surface area (Å²) in [5.41, 5.74) is 7.04. The fourth-order valence-electron chi connectivity index (χ4n) is 2.17. The highest BCUT2D eigenvalue weighted by molar-refractivity contribution is 9.10. The molecular weight excluding hydrogens is 266 g/mol. The molecule has 0 unspecified atom stereocenters. The second-order valence-electron chi connectivity index (χ2n) is 4.50. The van der Waals surface area contributed by atoms with Gasteiger partial charge in [0.25, 0.3) is 0 Å². The molecule has 1 aromatic carbocycles. The molecule has 3 heteroatoms. The van der Waals surface area contributed by atoms with Gasteiger partial charge < -0.3 is 10.5 Å². The van der Waals surface area contributed by atoms with Crippen molar-refractivity contribution in [3.05, 3.63) is 28.2 Å². The van der Waals surface area contributed by atoms with Crippen molar-refractivity contribution < 1.29 is 4.74 Å². The molecule has 1 aliphatic carbocycles. The lowest BCUT2D eigenvalue weighted by Gasteiger charge is -2.18. The molecule has 0 spiro atoms. The van der Waals surface area contributed by atoms with Gasteiger partial charge in [-0.2, -0.15) is 0 Å². The first-order chi connectivity index (χ1) is 7.66. The largest absolute Gasteiger partial charge is 0.490 e. The summed E-state index contributed by atoms with van der Waals surface area (Å²) in [5.74, 6) is 0.941. The van der Waals surface area contributed by atoms with E-state index in [1.807, 2.05) is 25.1 Å². The van der Waals surface area contributed by atoms with Gasteiger partial charge in [0.15, 0.2) is 0 Å². The van der Waals surface area contributed by atoms with Crippen molar-refractivity contribution >= 4 is 15.9 Å². The minimum atomic E-state index is 0.0181. The van der Waals surface area contributed by atoms with E-state index in [4.69, 9.17) is 10.5 Å². The van der Waals surface area contributed by atoms with Gasteiger partial charge in [0.05, 0.1) is 6.10 Å². The Bertz CT molecular complexity index is 359. The van der Waals surface area contributed by atoms with Crippen molar-refractivity contribution in [2.75, 3.05) is 0 Å². The van der Waals surface area contributed by atoms with Gasteiger partial charge in [0, 0.05) is 16.1 Å². The van der Waals surface area contributed by atoms with Crippen molar-refractivity contribution in [1.29, 1.82) is 0 Å². The number of hydrogen-bond acceptors (Lipinski definition) is 2. The first-order valence-corrected chi connectivity index (χ1v) is 6.68. The first-order valence-electron chi connectivity index (χ1n) is 5.88. The molecule has 0 bridgehead atoms. The van der Waals surface area contributed by atoms with Crippen LogP contribution in [0.1, 0.15) is 44.2 Å². The molecule has 0 saturated heterocycles. The molecule has 1 saturated carbocycles. The van der Waals surface area contributed by atoms with Crippen molar-refractivity contribution in [2.24, 2.45) is 5.73 Å². The van der Waals surface area contributed by atoms with E-state index >= 15 is 0 Å². The smallest absolute Gasteiger partial charge is 0.125 e. The Hall–Kier alpha value is -0.540. The van der Waals surface area contributed by atoms with E-state index in [9.17, 15) is 0 Å².